The number of nitrogens with zero attached hydrogens (tertiary/aromatic N) is 4. The molecule has 0 bridgehead atoms. The van der Waals surface area contributed by atoms with Crippen molar-refractivity contribution in [3.63, 3.8) is 0 Å². The molecule has 1 aliphatic carbocycles. The van der Waals surface area contributed by atoms with E-state index in [1.807, 2.05) is 55.6 Å². The van der Waals surface area contributed by atoms with Gasteiger partial charge >= 0.3 is 5.97 Å². The summed E-state index contributed by atoms with van der Waals surface area (Å²) in [6, 6.07) is 7.70. The van der Waals surface area contributed by atoms with Crippen LogP contribution in [0.4, 0.5) is 5.82 Å². The number of aromatic nitrogens is 3. The predicted molar refractivity (Wildman–Crippen MR) is 144 cm³/mol. The summed E-state index contributed by atoms with van der Waals surface area (Å²) >= 11 is 1.56. The number of esters is 1. The molecule has 2 aromatic heterocycles. The molecule has 1 saturated carbocycles. The second kappa shape index (κ2) is 11.6. The van der Waals surface area contributed by atoms with Gasteiger partial charge in [-0.15, -0.1) is 16.4 Å². The van der Waals surface area contributed by atoms with Crippen molar-refractivity contribution < 1.29 is 14.3 Å². The summed E-state index contributed by atoms with van der Waals surface area (Å²) in [4.78, 5) is 32.5. The van der Waals surface area contributed by atoms with E-state index in [-0.39, 0.29) is 24.5 Å². The van der Waals surface area contributed by atoms with Crippen LogP contribution in [0.5, 0.6) is 0 Å². The molecule has 0 N–H and O–H groups in total. The van der Waals surface area contributed by atoms with E-state index in [0.29, 0.717) is 17.3 Å². The largest absolute Gasteiger partial charge is 0.462 e. The first-order valence-corrected chi connectivity index (χ1v) is 13.6. The lowest BCUT2D eigenvalue weighted by Gasteiger charge is -2.32. The van der Waals surface area contributed by atoms with E-state index in [2.05, 4.69) is 11.9 Å². The van der Waals surface area contributed by atoms with Gasteiger partial charge in [0.05, 0.1) is 23.5 Å². The van der Waals surface area contributed by atoms with Crippen molar-refractivity contribution >= 4 is 41.2 Å². The Bertz CT molecular complexity index is 1190. The Morgan fingerprint density at radius 2 is 1.89 bits per heavy atom. The molecule has 1 aliphatic rings. The highest BCUT2D eigenvalue weighted by molar-refractivity contribution is 7.07. The topological polar surface area (TPSA) is 77.3 Å². The Balaban J connectivity index is 1.65. The molecule has 1 aromatic carbocycles. The number of carbonyl (C=O) groups is 2. The third-order valence-electron chi connectivity index (χ3n) is 6.59. The van der Waals surface area contributed by atoms with Gasteiger partial charge in [-0.1, -0.05) is 25.1 Å². The van der Waals surface area contributed by atoms with Crippen molar-refractivity contribution in [1.29, 1.82) is 0 Å². The van der Waals surface area contributed by atoms with Crippen molar-refractivity contribution in [2.75, 3.05) is 11.5 Å². The van der Waals surface area contributed by atoms with Gasteiger partial charge in [0.15, 0.2) is 5.82 Å². The molecule has 0 spiro atoms. The molecule has 7 nitrogen and oxygen atoms in total. The molecule has 36 heavy (non-hydrogen) atoms. The van der Waals surface area contributed by atoms with Crippen molar-refractivity contribution in [2.45, 2.75) is 59.4 Å². The summed E-state index contributed by atoms with van der Waals surface area (Å²) in [5.74, 6) is 0.523. The van der Waals surface area contributed by atoms with Gasteiger partial charge in [-0.25, -0.2) is 14.5 Å². The normalized spacial score (nSPS) is 18.0. The van der Waals surface area contributed by atoms with E-state index in [1.165, 1.54) is 0 Å². The molecule has 1 amide bonds. The minimum absolute atomic E-state index is 0.0372. The maximum absolute atomic E-state index is 13.7. The summed E-state index contributed by atoms with van der Waals surface area (Å²) in [5, 5.41) is 6.74. The predicted octanol–water partition coefficient (Wildman–Crippen LogP) is 6.24. The van der Waals surface area contributed by atoms with Crippen LogP contribution in [0, 0.1) is 11.8 Å². The smallest absolute Gasteiger partial charge is 0.343 e. The van der Waals surface area contributed by atoms with Gasteiger partial charge in [0.25, 0.3) is 0 Å². The summed E-state index contributed by atoms with van der Waals surface area (Å²) in [5.41, 5.74) is 4.84. The Labute approximate surface area is 216 Å². The summed E-state index contributed by atoms with van der Waals surface area (Å²) < 4.78 is 6.98. The Morgan fingerprint density at radius 1 is 1.17 bits per heavy atom. The minimum atomic E-state index is -0.475. The van der Waals surface area contributed by atoms with Gasteiger partial charge in [0.1, 0.15) is 5.56 Å². The highest BCUT2D eigenvalue weighted by atomic mass is 32.1. The van der Waals surface area contributed by atoms with E-state index >= 15 is 0 Å². The number of hydrogen-bond acceptors (Lipinski definition) is 6. The van der Waals surface area contributed by atoms with Crippen molar-refractivity contribution in [3.05, 3.63) is 58.2 Å². The number of ether oxygens (including phenoxy) is 1. The van der Waals surface area contributed by atoms with Crippen LogP contribution in [-0.4, -0.2) is 39.3 Å². The Kier molecular flexibility index (Phi) is 8.36. The number of benzene rings is 1. The van der Waals surface area contributed by atoms with E-state index in [4.69, 9.17) is 9.84 Å². The SMILES string of the molecule is CCOC(=O)c1cn(-c2ccc(C=Cc3cscn3)cc2)nc1N(C(=O)[C@H]1CC[C@H](C)CC1)C(C)C. The van der Waals surface area contributed by atoms with Crippen LogP contribution in [-0.2, 0) is 9.53 Å². The lowest BCUT2D eigenvalue weighted by Crippen LogP contribution is -2.43. The number of anilines is 1. The molecule has 4 rings (SSSR count). The van der Waals surface area contributed by atoms with Crippen molar-refractivity contribution in [2.24, 2.45) is 11.8 Å². The zero-order valence-electron chi connectivity index (χ0n) is 21.4. The van der Waals surface area contributed by atoms with E-state index < -0.39 is 5.97 Å². The highest BCUT2D eigenvalue weighted by Crippen LogP contribution is 2.33. The fraction of sp³-hybridized carbons (Fsp3) is 0.429. The quantitative estimate of drug-likeness (QED) is 0.338. The fourth-order valence-electron chi connectivity index (χ4n) is 4.56. The van der Waals surface area contributed by atoms with Gasteiger partial charge in [-0.2, -0.15) is 0 Å². The summed E-state index contributed by atoms with van der Waals surface area (Å²) in [6.45, 7) is 8.18. The minimum Gasteiger partial charge on any atom is -0.462 e. The van der Waals surface area contributed by atoms with E-state index in [0.717, 1.165) is 42.6 Å². The lowest BCUT2D eigenvalue weighted by molar-refractivity contribution is -0.124. The van der Waals surface area contributed by atoms with Crippen molar-refractivity contribution in [3.8, 4) is 5.69 Å². The molecule has 3 aromatic rings. The lowest BCUT2D eigenvalue weighted by atomic mass is 9.82. The fourth-order valence-corrected chi connectivity index (χ4v) is 5.08. The average molecular weight is 507 g/mol. The molecule has 0 unspecified atom stereocenters. The zero-order valence-corrected chi connectivity index (χ0v) is 22.2. The zero-order chi connectivity index (χ0) is 25.7. The number of thiazole rings is 1. The van der Waals surface area contributed by atoms with Crippen LogP contribution in [0.3, 0.4) is 0 Å². The Hall–Kier alpha value is -3.26. The molecule has 190 valence electrons. The second-order valence-electron chi connectivity index (χ2n) is 9.63. The third kappa shape index (κ3) is 5.93. The highest BCUT2D eigenvalue weighted by Gasteiger charge is 2.34. The summed E-state index contributed by atoms with van der Waals surface area (Å²) in [6.07, 6.45) is 9.47. The molecular formula is C28H34N4O3S. The maximum atomic E-state index is 13.7. The molecular weight excluding hydrogens is 472 g/mol. The molecule has 0 aliphatic heterocycles. The van der Waals surface area contributed by atoms with Crippen LogP contribution in [0.2, 0.25) is 0 Å². The molecule has 0 saturated heterocycles. The first-order valence-electron chi connectivity index (χ1n) is 12.6. The van der Waals surface area contributed by atoms with E-state index in [1.54, 1.807) is 39.5 Å². The first-order chi connectivity index (χ1) is 17.4. The second-order valence-corrected chi connectivity index (χ2v) is 10.3. The van der Waals surface area contributed by atoms with Crippen LogP contribution in [0.1, 0.15) is 75.0 Å². The molecule has 0 atom stereocenters. The molecule has 2 heterocycles. The third-order valence-corrected chi connectivity index (χ3v) is 7.20. The molecule has 0 radical (unpaired) electrons. The van der Waals surface area contributed by atoms with Crippen LogP contribution in [0.15, 0.2) is 41.4 Å². The van der Waals surface area contributed by atoms with Gasteiger partial charge in [0.2, 0.25) is 5.91 Å². The van der Waals surface area contributed by atoms with Crippen molar-refractivity contribution in [1.82, 2.24) is 14.8 Å². The standard InChI is InChI=1S/C28H34N4O3S/c1-5-35-28(34)25-16-31(24-14-9-21(10-15-24)8-13-23-17-36-18-29-23)30-26(25)32(19(2)3)27(33)22-11-6-20(4)7-12-22/h8-10,13-20,22H,5-7,11-12H2,1-4H3/t20-,22-. The monoisotopic (exact) mass is 506 g/mol. The maximum Gasteiger partial charge on any atom is 0.343 e. The molecule has 8 heteroatoms. The van der Waals surface area contributed by atoms with E-state index in [9.17, 15) is 9.59 Å². The Morgan fingerprint density at radius 3 is 2.50 bits per heavy atom. The van der Waals surface area contributed by atoms with Crippen LogP contribution < -0.4 is 4.90 Å². The molecule has 1 fully saturated rings. The van der Waals surface area contributed by atoms with Crippen LogP contribution in [0.25, 0.3) is 17.8 Å². The number of carbonyl (C=O) groups excluding carboxylic acids is 2. The first kappa shape index (κ1) is 25.8. The van der Waals surface area contributed by atoms with Gasteiger partial charge in [-0.3, -0.25) is 9.69 Å². The number of rotatable bonds is 8. The van der Waals surface area contributed by atoms with Gasteiger partial charge in [0, 0.05) is 23.5 Å². The van der Waals surface area contributed by atoms with Gasteiger partial charge < -0.3 is 4.74 Å². The summed E-state index contributed by atoms with van der Waals surface area (Å²) in [7, 11) is 0. The number of amides is 1. The van der Waals surface area contributed by atoms with Crippen LogP contribution >= 0.6 is 11.3 Å². The number of hydrogen-bond donors (Lipinski definition) is 0. The average Bonchev–Trinajstić information content (AvgIpc) is 3.54. The van der Waals surface area contributed by atoms with Gasteiger partial charge in [-0.05, 0) is 76.1 Å².